The van der Waals surface area contributed by atoms with Gasteiger partial charge in [0.25, 0.3) is 0 Å². The first-order valence-corrected chi connectivity index (χ1v) is 12.1. The van der Waals surface area contributed by atoms with Crippen molar-refractivity contribution in [2.45, 2.75) is 77.3 Å². The minimum Gasteiger partial charge on any atom is -0.480 e. The van der Waals surface area contributed by atoms with Crippen molar-refractivity contribution in [3.8, 4) is 0 Å². The van der Waals surface area contributed by atoms with Gasteiger partial charge < -0.3 is 20.8 Å². The Labute approximate surface area is 174 Å². The standard InChI is InChI=1S/C18H32N2O6S2/c1-3-5-7-9-15(21)19-13(17(23)24)11-27-28-12-14(18(25)26)20-16(22)10-8-6-4-2/h13-14H,3-12H2,1-2H3,(H,19,21)(H,20,22)(H,23,24)(H,25,26)/t13-,14?/m0/s1. The Morgan fingerprint density at radius 1 is 0.714 bits per heavy atom. The number of amides is 2. The minimum absolute atomic E-state index is 0.107. The summed E-state index contributed by atoms with van der Waals surface area (Å²) >= 11 is 0. The Hall–Kier alpha value is -1.42. The summed E-state index contributed by atoms with van der Waals surface area (Å²) in [6.45, 7) is 4.04. The highest BCUT2D eigenvalue weighted by atomic mass is 33.1. The maximum atomic E-state index is 11.8. The topological polar surface area (TPSA) is 133 Å². The van der Waals surface area contributed by atoms with Crippen molar-refractivity contribution >= 4 is 45.3 Å². The van der Waals surface area contributed by atoms with Crippen LogP contribution in [0.4, 0.5) is 0 Å². The van der Waals surface area contributed by atoms with Crippen LogP contribution in [0.2, 0.25) is 0 Å². The number of nitrogens with one attached hydrogen (secondary N) is 2. The predicted octanol–water partition coefficient (Wildman–Crippen LogP) is 2.67. The van der Waals surface area contributed by atoms with Gasteiger partial charge in [-0.15, -0.1) is 0 Å². The van der Waals surface area contributed by atoms with Crippen molar-refractivity contribution in [3.05, 3.63) is 0 Å². The minimum atomic E-state index is -1.13. The average molecular weight is 437 g/mol. The van der Waals surface area contributed by atoms with E-state index < -0.39 is 24.0 Å². The molecule has 0 radical (unpaired) electrons. The van der Waals surface area contributed by atoms with E-state index in [9.17, 15) is 29.4 Å². The molecule has 4 N–H and O–H groups in total. The zero-order chi connectivity index (χ0) is 21.4. The summed E-state index contributed by atoms with van der Waals surface area (Å²) in [5.74, 6) is -2.64. The molecule has 2 amide bonds. The van der Waals surface area contributed by atoms with Gasteiger partial charge in [-0.25, -0.2) is 9.59 Å². The summed E-state index contributed by atoms with van der Waals surface area (Å²) < 4.78 is 0. The number of hydrogen-bond acceptors (Lipinski definition) is 6. The monoisotopic (exact) mass is 436 g/mol. The first-order valence-electron chi connectivity index (χ1n) is 9.60. The molecule has 162 valence electrons. The van der Waals surface area contributed by atoms with Crippen molar-refractivity contribution in [2.75, 3.05) is 11.5 Å². The van der Waals surface area contributed by atoms with Crippen LogP contribution in [0, 0.1) is 0 Å². The van der Waals surface area contributed by atoms with E-state index in [1.54, 1.807) is 0 Å². The Balaban J connectivity index is 4.28. The lowest BCUT2D eigenvalue weighted by Gasteiger charge is -2.16. The highest BCUT2D eigenvalue weighted by Gasteiger charge is 2.22. The Kier molecular flexibility index (Phi) is 15.7. The molecule has 0 rings (SSSR count). The van der Waals surface area contributed by atoms with Crippen molar-refractivity contribution < 1.29 is 29.4 Å². The van der Waals surface area contributed by atoms with E-state index in [2.05, 4.69) is 10.6 Å². The second-order valence-electron chi connectivity index (χ2n) is 6.40. The quantitative estimate of drug-likeness (QED) is 0.202. The molecule has 0 saturated carbocycles. The van der Waals surface area contributed by atoms with E-state index >= 15 is 0 Å². The number of hydrogen-bond donors (Lipinski definition) is 4. The molecule has 8 nitrogen and oxygen atoms in total. The zero-order valence-electron chi connectivity index (χ0n) is 16.6. The van der Waals surface area contributed by atoms with Crippen LogP contribution in [0.5, 0.6) is 0 Å². The molecule has 0 spiro atoms. The summed E-state index contributed by atoms with van der Waals surface area (Å²) in [5.41, 5.74) is 0. The number of carboxylic acids is 2. The molecule has 1 unspecified atom stereocenters. The summed E-state index contributed by atoms with van der Waals surface area (Å²) in [7, 11) is 2.32. The molecular weight excluding hydrogens is 404 g/mol. The maximum absolute atomic E-state index is 11.8. The normalized spacial score (nSPS) is 12.8. The number of unbranched alkanes of at least 4 members (excludes halogenated alkanes) is 4. The number of carbonyl (C=O) groups excluding carboxylic acids is 2. The summed E-state index contributed by atoms with van der Waals surface area (Å²) in [6, 6.07) is -2.06. The first-order chi connectivity index (χ1) is 13.3. The molecule has 28 heavy (non-hydrogen) atoms. The number of aliphatic carboxylic acids is 2. The fraction of sp³-hybridized carbons (Fsp3) is 0.778. The van der Waals surface area contributed by atoms with Gasteiger partial charge in [0.05, 0.1) is 0 Å². The Morgan fingerprint density at radius 2 is 1.07 bits per heavy atom. The molecule has 0 aliphatic rings. The molecule has 0 bridgehead atoms. The van der Waals surface area contributed by atoms with E-state index in [4.69, 9.17) is 0 Å². The third-order valence-corrected chi connectivity index (χ3v) is 6.26. The highest BCUT2D eigenvalue weighted by Crippen LogP contribution is 2.23. The van der Waals surface area contributed by atoms with Crippen molar-refractivity contribution in [1.29, 1.82) is 0 Å². The smallest absolute Gasteiger partial charge is 0.327 e. The molecule has 0 heterocycles. The SMILES string of the molecule is CCCCCC(=O)NC(CSSC[C@H](NC(=O)CCCCC)C(=O)O)C(=O)O. The lowest BCUT2D eigenvalue weighted by Crippen LogP contribution is -2.43. The fourth-order valence-electron chi connectivity index (χ4n) is 2.19. The lowest BCUT2D eigenvalue weighted by atomic mass is 10.2. The van der Waals surface area contributed by atoms with Crippen molar-refractivity contribution in [1.82, 2.24) is 10.6 Å². The van der Waals surface area contributed by atoms with Gasteiger partial charge in [-0.1, -0.05) is 61.1 Å². The fourth-order valence-corrected chi connectivity index (χ4v) is 4.50. The molecule has 0 aromatic carbocycles. The number of carbonyl (C=O) groups is 4. The molecule has 10 heteroatoms. The average Bonchev–Trinajstić information content (AvgIpc) is 2.63. The molecule has 0 saturated heterocycles. The second kappa shape index (κ2) is 16.5. The van der Waals surface area contributed by atoms with Gasteiger partial charge in [-0.3, -0.25) is 9.59 Å². The summed E-state index contributed by atoms with van der Waals surface area (Å²) in [5, 5.41) is 23.4. The second-order valence-corrected chi connectivity index (χ2v) is 8.95. The van der Waals surface area contributed by atoms with Gasteiger partial charge >= 0.3 is 11.9 Å². The summed E-state index contributed by atoms with van der Waals surface area (Å²) in [4.78, 5) is 46.1. The molecule has 0 aromatic rings. The zero-order valence-corrected chi connectivity index (χ0v) is 18.2. The van der Waals surface area contributed by atoms with E-state index in [-0.39, 0.29) is 23.3 Å². The van der Waals surface area contributed by atoms with Gasteiger partial charge in [0.1, 0.15) is 12.1 Å². The van der Waals surface area contributed by atoms with Gasteiger partial charge in [0.2, 0.25) is 11.8 Å². The van der Waals surface area contributed by atoms with Crippen molar-refractivity contribution in [3.63, 3.8) is 0 Å². The highest BCUT2D eigenvalue weighted by molar-refractivity contribution is 8.76. The van der Waals surface area contributed by atoms with Crippen LogP contribution in [0.3, 0.4) is 0 Å². The van der Waals surface area contributed by atoms with Crippen LogP contribution in [0.1, 0.15) is 65.2 Å². The summed E-state index contributed by atoms with van der Waals surface area (Å²) in [6.07, 6.45) is 5.79. The maximum Gasteiger partial charge on any atom is 0.327 e. The Morgan fingerprint density at radius 3 is 1.36 bits per heavy atom. The number of carboxylic acid groups (broad SMARTS) is 2. The van der Waals surface area contributed by atoms with Crippen LogP contribution in [-0.2, 0) is 19.2 Å². The van der Waals surface area contributed by atoms with Crippen molar-refractivity contribution in [2.24, 2.45) is 0 Å². The molecule has 0 aromatic heterocycles. The molecule has 0 aliphatic carbocycles. The molecule has 2 atom stereocenters. The van der Waals surface area contributed by atoms with Gasteiger partial charge in [-0.2, -0.15) is 0 Å². The third-order valence-electron chi connectivity index (χ3n) is 3.83. The van der Waals surface area contributed by atoms with Crippen LogP contribution in [-0.4, -0.2) is 57.6 Å². The van der Waals surface area contributed by atoms with Crippen LogP contribution >= 0.6 is 21.6 Å². The van der Waals surface area contributed by atoms with Crippen LogP contribution < -0.4 is 10.6 Å². The Bertz CT molecular complexity index is 460. The first kappa shape index (κ1) is 26.6. The van der Waals surface area contributed by atoms with E-state index in [0.29, 0.717) is 12.8 Å². The van der Waals surface area contributed by atoms with E-state index in [1.807, 2.05) is 13.8 Å². The third kappa shape index (κ3) is 13.7. The molecular formula is C18H32N2O6S2. The van der Waals surface area contributed by atoms with Crippen LogP contribution in [0.15, 0.2) is 0 Å². The largest absolute Gasteiger partial charge is 0.480 e. The molecule has 0 aliphatic heterocycles. The van der Waals surface area contributed by atoms with Gasteiger partial charge in [0.15, 0.2) is 0 Å². The lowest BCUT2D eigenvalue weighted by molar-refractivity contribution is -0.141. The predicted molar refractivity (Wildman–Crippen MR) is 112 cm³/mol. The van der Waals surface area contributed by atoms with Crippen LogP contribution in [0.25, 0.3) is 0 Å². The van der Waals surface area contributed by atoms with E-state index in [0.717, 1.165) is 60.1 Å². The van der Waals surface area contributed by atoms with E-state index in [1.165, 1.54) is 0 Å². The van der Waals surface area contributed by atoms with Gasteiger partial charge in [0, 0.05) is 24.3 Å². The van der Waals surface area contributed by atoms with Gasteiger partial charge in [-0.05, 0) is 12.8 Å². The molecule has 0 fully saturated rings. The number of rotatable bonds is 17.